The van der Waals surface area contributed by atoms with Gasteiger partial charge in [0.25, 0.3) is 0 Å². The Balaban J connectivity index is 2.36. The Labute approximate surface area is 106 Å². The van der Waals surface area contributed by atoms with E-state index in [-0.39, 0.29) is 0 Å². The van der Waals surface area contributed by atoms with Crippen LogP contribution in [0, 0.1) is 0 Å². The molecule has 2 aromatic heterocycles. The molecule has 2 aromatic rings. The first-order chi connectivity index (χ1) is 6.68. The van der Waals surface area contributed by atoms with Crippen LogP contribution < -0.4 is 0 Å². The van der Waals surface area contributed by atoms with Gasteiger partial charge in [-0.15, -0.1) is 11.3 Å². The summed E-state index contributed by atoms with van der Waals surface area (Å²) in [6.07, 6.45) is 1.11. The van der Waals surface area contributed by atoms with Crippen LogP contribution in [0.5, 0.6) is 0 Å². The normalized spacial score (nSPS) is 13.1. The number of aliphatic hydroxyl groups excluding tert-OH is 1. The van der Waals surface area contributed by atoms with E-state index in [0.717, 1.165) is 18.0 Å². The van der Waals surface area contributed by atoms with Crippen LogP contribution in [0.4, 0.5) is 0 Å². The highest BCUT2D eigenvalue weighted by atomic mass is 79.9. The maximum atomic E-state index is 10.0. The summed E-state index contributed by atoms with van der Waals surface area (Å²) >= 11 is 9.66. The molecule has 0 saturated carbocycles. The minimum atomic E-state index is -0.584. The van der Waals surface area contributed by atoms with E-state index in [4.69, 9.17) is 0 Å². The summed E-state index contributed by atoms with van der Waals surface area (Å²) in [6, 6.07) is 3.74. The molecule has 0 aromatic carbocycles. The van der Waals surface area contributed by atoms with Crippen LogP contribution >= 0.6 is 54.7 Å². The van der Waals surface area contributed by atoms with Crippen LogP contribution in [-0.4, -0.2) is 9.48 Å². The van der Waals surface area contributed by atoms with Crippen LogP contribution in [0.15, 0.2) is 25.9 Å². The molecule has 0 bridgehead atoms. The van der Waals surface area contributed by atoms with Crippen molar-refractivity contribution < 1.29 is 5.11 Å². The lowest BCUT2D eigenvalue weighted by molar-refractivity contribution is 0.224. The van der Waals surface area contributed by atoms with E-state index in [9.17, 15) is 5.11 Å². The third kappa shape index (κ3) is 2.09. The molecule has 0 aliphatic carbocycles. The zero-order valence-electron chi connectivity index (χ0n) is 6.78. The summed E-state index contributed by atoms with van der Waals surface area (Å²) in [5.74, 6) is 0. The second-order valence-corrected chi connectivity index (χ2v) is 7.21. The van der Waals surface area contributed by atoms with Crippen molar-refractivity contribution in [1.82, 2.24) is 4.37 Å². The van der Waals surface area contributed by atoms with E-state index in [1.807, 2.05) is 12.1 Å². The van der Waals surface area contributed by atoms with Gasteiger partial charge in [-0.1, -0.05) is 0 Å². The van der Waals surface area contributed by atoms with Gasteiger partial charge >= 0.3 is 0 Å². The Bertz CT molecular complexity index is 426. The van der Waals surface area contributed by atoms with E-state index in [1.54, 1.807) is 17.5 Å². The van der Waals surface area contributed by atoms with E-state index in [1.165, 1.54) is 11.5 Å². The highest BCUT2D eigenvalue weighted by Crippen LogP contribution is 2.38. The predicted octanol–water partition coefficient (Wildman–Crippen LogP) is 3.81. The molecule has 0 amide bonds. The summed E-state index contributed by atoms with van der Waals surface area (Å²) < 4.78 is 5.92. The summed E-state index contributed by atoms with van der Waals surface area (Å²) in [5, 5.41) is 10.0. The number of hydrogen-bond acceptors (Lipinski definition) is 4. The minimum Gasteiger partial charge on any atom is -0.383 e. The zero-order chi connectivity index (χ0) is 10.1. The maximum Gasteiger partial charge on any atom is 0.117 e. The molecule has 1 unspecified atom stereocenters. The molecule has 1 atom stereocenters. The Kier molecular flexibility index (Phi) is 3.38. The Morgan fingerprint density at radius 2 is 2.21 bits per heavy atom. The molecule has 6 heteroatoms. The number of aliphatic hydroxyl groups is 1. The van der Waals surface area contributed by atoms with Crippen molar-refractivity contribution in [2.45, 2.75) is 6.10 Å². The lowest BCUT2D eigenvalue weighted by Gasteiger charge is -2.05. The fraction of sp³-hybridized carbons (Fsp3) is 0.125. The lowest BCUT2D eigenvalue weighted by atomic mass is 10.2. The largest absolute Gasteiger partial charge is 0.383 e. The van der Waals surface area contributed by atoms with Gasteiger partial charge in [0.15, 0.2) is 0 Å². The molecule has 0 fully saturated rings. The number of rotatable bonds is 2. The second kappa shape index (κ2) is 4.40. The second-order valence-electron chi connectivity index (χ2n) is 2.60. The van der Waals surface area contributed by atoms with Crippen LogP contribution in [-0.2, 0) is 0 Å². The number of halogens is 2. The first kappa shape index (κ1) is 10.8. The summed E-state index contributed by atoms with van der Waals surface area (Å²) in [4.78, 5) is 0.857. The molecule has 2 rings (SSSR count). The van der Waals surface area contributed by atoms with Crippen LogP contribution in [0.25, 0.3) is 0 Å². The van der Waals surface area contributed by atoms with Crippen LogP contribution in [0.1, 0.15) is 16.5 Å². The molecular formula is C8H5Br2NOS2. The van der Waals surface area contributed by atoms with Crippen molar-refractivity contribution in [1.29, 1.82) is 0 Å². The minimum absolute atomic E-state index is 0.584. The van der Waals surface area contributed by atoms with Crippen molar-refractivity contribution in [3.05, 3.63) is 36.3 Å². The van der Waals surface area contributed by atoms with Gasteiger partial charge in [-0.25, -0.2) is 4.37 Å². The molecule has 0 aliphatic rings. The van der Waals surface area contributed by atoms with Gasteiger partial charge in [0, 0.05) is 11.8 Å². The van der Waals surface area contributed by atoms with E-state index in [2.05, 4.69) is 36.2 Å². The topological polar surface area (TPSA) is 33.1 Å². The maximum absolute atomic E-state index is 10.0. The zero-order valence-corrected chi connectivity index (χ0v) is 11.6. The Hall–Kier alpha value is 0.250. The fourth-order valence-electron chi connectivity index (χ4n) is 1.06. The van der Waals surface area contributed by atoms with Crippen molar-refractivity contribution in [3.63, 3.8) is 0 Å². The van der Waals surface area contributed by atoms with Crippen molar-refractivity contribution >= 4 is 54.7 Å². The van der Waals surface area contributed by atoms with Gasteiger partial charge in [0.1, 0.15) is 6.10 Å². The highest BCUT2D eigenvalue weighted by Gasteiger charge is 2.17. The summed E-state index contributed by atoms with van der Waals surface area (Å²) in [6.45, 7) is 0. The Morgan fingerprint density at radius 3 is 2.71 bits per heavy atom. The SMILES string of the molecule is OC(c1ccns1)c1cc(Br)sc1Br. The highest BCUT2D eigenvalue weighted by molar-refractivity contribution is 9.12. The standard InChI is InChI=1S/C8H5Br2NOS2/c9-6-3-4(8(10)13-6)7(12)5-1-2-11-14-5/h1-3,7,12H. The molecule has 14 heavy (non-hydrogen) atoms. The number of hydrogen-bond donors (Lipinski definition) is 1. The first-order valence-electron chi connectivity index (χ1n) is 3.72. The van der Waals surface area contributed by atoms with E-state index in [0.29, 0.717) is 0 Å². The average Bonchev–Trinajstić information content (AvgIpc) is 2.73. The number of nitrogens with zero attached hydrogens (tertiary/aromatic N) is 1. The third-order valence-corrected chi connectivity index (χ3v) is 4.89. The van der Waals surface area contributed by atoms with Crippen molar-refractivity contribution in [2.24, 2.45) is 0 Å². The van der Waals surface area contributed by atoms with E-state index >= 15 is 0 Å². The average molecular weight is 355 g/mol. The molecule has 0 spiro atoms. The number of thiophene rings is 1. The fourth-order valence-corrected chi connectivity index (χ4v) is 4.54. The predicted molar refractivity (Wildman–Crippen MR) is 65.9 cm³/mol. The molecule has 0 saturated heterocycles. The quantitative estimate of drug-likeness (QED) is 0.889. The van der Waals surface area contributed by atoms with Gasteiger partial charge in [-0.2, -0.15) is 0 Å². The molecule has 1 N–H and O–H groups in total. The van der Waals surface area contributed by atoms with Gasteiger partial charge in [0.2, 0.25) is 0 Å². The van der Waals surface area contributed by atoms with Crippen LogP contribution in [0.2, 0.25) is 0 Å². The number of aromatic nitrogens is 1. The van der Waals surface area contributed by atoms with Crippen molar-refractivity contribution in [2.75, 3.05) is 0 Å². The molecule has 0 radical (unpaired) electrons. The molecule has 0 aliphatic heterocycles. The molecule has 2 nitrogen and oxygen atoms in total. The molecule has 2 heterocycles. The smallest absolute Gasteiger partial charge is 0.117 e. The summed E-state index contributed by atoms with van der Waals surface area (Å²) in [7, 11) is 0. The third-order valence-electron chi connectivity index (χ3n) is 1.70. The Morgan fingerprint density at radius 1 is 1.43 bits per heavy atom. The van der Waals surface area contributed by atoms with Gasteiger partial charge in [-0.05, 0) is 55.5 Å². The van der Waals surface area contributed by atoms with Gasteiger partial charge in [0.05, 0.1) is 12.4 Å². The molecule has 74 valence electrons. The first-order valence-corrected chi connectivity index (χ1v) is 6.89. The van der Waals surface area contributed by atoms with Crippen molar-refractivity contribution in [3.8, 4) is 0 Å². The lowest BCUT2D eigenvalue weighted by Crippen LogP contribution is -1.95. The molecular weight excluding hydrogens is 350 g/mol. The summed E-state index contributed by atoms with van der Waals surface area (Å²) in [5.41, 5.74) is 0.881. The van der Waals surface area contributed by atoms with Gasteiger partial charge < -0.3 is 5.11 Å². The van der Waals surface area contributed by atoms with Crippen LogP contribution in [0.3, 0.4) is 0 Å². The monoisotopic (exact) mass is 353 g/mol. The van der Waals surface area contributed by atoms with E-state index < -0.39 is 6.10 Å². The van der Waals surface area contributed by atoms with Gasteiger partial charge in [-0.3, -0.25) is 0 Å².